The lowest BCUT2D eigenvalue weighted by Crippen LogP contribution is -2.29. The molecule has 25 heavy (non-hydrogen) atoms. The third kappa shape index (κ3) is 4.57. The first-order valence-electron chi connectivity index (χ1n) is 8.59. The van der Waals surface area contributed by atoms with E-state index < -0.39 is 0 Å². The van der Waals surface area contributed by atoms with Crippen LogP contribution in [0.4, 0.5) is 0 Å². The lowest BCUT2D eigenvalue weighted by molar-refractivity contribution is 0.0732. The highest BCUT2D eigenvalue weighted by Crippen LogP contribution is 2.21. The number of nitrogens with zero attached hydrogens (tertiary/aromatic N) is 2. The molecule has 3 rings (SSSR count). The minimum absolute atomic E-state index is 0.0364. The number of hydrogen-bond donors (Lipinski definition) is 0. The first-order valence-corrected chi connectivity index (χ1v) is 8.59. The van der Waals surface area contributed by atoms with Gasteiger partial charge in [0.25, 0.3) is 5.91 Å². The largest absolute Gasteiger partial charge is 0.481 e. The summed E-state index contributed by atoms with van der Waals surface area (Å²) in [5, 5.41) is 0. The maximum absolute atomic E-state index is 12.7. The molecule has 0 saturated carbocycles. The van der Waals surface area contributed by atoms with Gasteiger partial charge in [0.15, 0.2) is 0 Å². The molecular weight excluding hydrogens is 316 g/mol. The van der Waals surface area contributed by atoms with Crippen molar-refractivity contribution >= 4 is 5.91 Å². The molecule has 132 valence electrons. The van der Waals surface area contributed by atoms with E-state index in [1.54, 1.807) is 13.2 Å². The predicted octanol–water partition coefficient (Wildman–Crippen LogP) is 3.08. The lowest BCUT2D eigenvalue weighted by Gasteiger charge is -2.17. The number of hydrogen-bond acceptors (Lipinski definition) is 4. The summed E-state index contributed by atoms with van der Waals surface area (Å²) in [6.07, 6.45) is 0.974. The van der Waals surface area contributed by atoms with Crippen molar-refractivity contribution < 1.29 is 14.3 Å². The Morgan fingerprint density at radius 3 is 2.84 bits per heavy atom. The smallest absolute Gasteiger partial charge is 0.254 e. The summed E-state index contributed by atoms with van der Waals surface area (Å²) in [6.45, 7) is 4.66. The molecular formula is C20H24N2O3. The van der Waals surface area contributed by atoms with Crippen molar-refractivity contribution in [3.63, 3.8) is 0 Å². The minimum atomic E-state index is 0.0364. The van der Waals surface area contributed by atoms with Crippen molar-refractivity contribution in [2.75, 3.05) is 26.8 Å². The Hall–Kier alpha value is -2.40. The molecule has 0 spiro atoms. The zero-order valence-electron chi connectivity index (χ0n) is 14.8. The van der Waals surface area contributed by atoms with E-state index in [-0.39, 0.29) is 5.91 Å². The van der Waals surface area contributed by atoms with Crippen LogP contribution in [-0.4, -0.2) is 42.6 Å². The van der Waals surface area contributed by atoms with E-state index >= 15 is 0 Å². The molecule has 0 N–H and O–H groups in total. The number of aromatic nitrogens is 1. The van der Waals surface area contributed by atoms with Gasteiger partial charge in [-0.3, -0.25) is 4.79 Å². The van der Waals surface area contributed by atoms with Gasteiger partial charge in [-0.25, -0.2) is 4.98 Å². The second-order valence-corrected chi connectivity index (χ2v) is 6.45. The van der Waals surface area contributed by atoms with Crippen LogP contribution in [0.1, 0.15) is 28.0 Å². The van der Waals surface area contributed by atoms with Gasteiger partial charge < -0.3 is 14.4 Å². The second-order valence-electron chi connectivity index (χ2n) is 6.45. The molecule has 0 unspecified atom stereocenters. The molecule has 5 heteroatoms. The molecule has 1 amide bonds. The Bertz CT molecular complexity index is 718. The molecule has 2 heterocycles. The van der Waals surface area contributed by atoms with E-state index in [0.717, 1.165) is 25.2 Å². The number of carbonyl (C=O) groups is 1. The molecule has 1 aliphatic rings. The van der Waals surface area contributed by atoms with E-state index in [0.29, 0.717) is 30.6 Å². The number of methoxy groups -OCH3 is 1. The molecule has 1 saturated heterocycles. The maximum Gasteiger partial charge on any atom is 0.254 e. The standard InChI is InChI=1S/C20H24N2O3/c1-15-10-18(11-19(21-15)24-2)20(23)22-9-8-17(12-22)14-25-13-16-6-4-3-5-7-16/h3-7,10-11,17H,8-9,12-14H2,1-2H3/t17-/m1/s1. The van der Waals surface area contributed by atoms with Gasteiger partial charge in [-0.15, -0.1) is 0 Å². The topological polar surface area (TPSA) is 51.7 Å². The van der Waals surface area contributed by atoms with Crippen LogP contribution in [0.5, 0.6) is 5.88 Å². The number of carbonyl (C=O) groups excluding carboxylic acids is 1. The molecule has 2 aromatic rings. The van der Waals surface area contributed by atoms with Crippen LogP contribution < -0.4 is 4.74 Å². The average molecular weight is 340 g/mol. The van der Waals surface area contributed by atoms with Crippen LogP contribution in [0.25, 0.3) is 0 Å². The predicted molar refractivity (Wildman–Crippen MR) is 95.6 cm³/mol. The molecule has 0 bridgehead atoms. The van der Waals surface area contributed by atoms with E-state index in [9.17, 15) is 4.79 Å². The van der Waals surface area contributed by atoms with Crippen LogP contribution in [0.3, 0.4) is 0 Å². The Morgan fingerprint density at radius 1 is 1.28 bits per heavy atom. The highest BCUT2D eigenvalue weighted by atomic mass is 16.5. The van der Waals surface area contributed by atoms with Gasteiger partial charge in [0, 0.05) is 36.3 Å². The van der Waals surface area contributed by atoms with Crippen LogP contribution in [0.2, 0.25) is 0 Å². The van der Waals surface area contributed by atoms with Crippen molar-refractivity contribution in [3.05, 3.63) is 59.3 Å². The number of likely N-dealkylation sites (tertiary alicyclic amines) is 1. The first kappa shape index (κ1) is 17.4. The lowest BCUT2D eigenvalue weighted by atomic mass is 10.1. The number of benzene rings is 1. The molecule has 1 atom stereocenters. The molecule has 1 aromatic carbocycles. The number of ether oxygens (including phenoxy) is 2. The van der Waals surface area contributed by atoms with Gasteiger partial charge in [-0.2, -0.15) is 0 Å². The Balaban J connectivity index is 1.52. The zero-order chi connectivity index (χ0) is 17.6. The average Bonchev–Trinajstić information content (AvgIpc) is 3.10. The van der Waals surface area contributed by atoms with Gasteiger partial charge in [0.05, 0.1) is 20.3 Å². The Labute approximate surface area is 148 Å². The molecule has 1 aromatic heterocycles. The van der Waals surface area contributed by atoms with Crippen molar-refractivity contribution in [1.82, 2.24) is 9.88 Å². The van der Waals surface area contributed by atoms with Crippen LogP contribution >= 0.6 is 0 Å². The quantitative estimate of drug-likeness (QED) is 0.811. The molecule has 1 fully saturated rings. The van der Waals surface area contributed by atoms with Crippen LogP contribution in [-0.2, 0) is 11.3 Å². The summed E-state index contributed by atoms with van der Waals surface area (Å²) in [7, 11) is 1.56. The fourth-order valence-corrected chi connectivity index (χ4v) is 3.12. The third-order valence-electron chi connectivity index (χ3n) is 4.42. The van der Waals surface area contributed by atoms with Crippen LogP contribution in [0, 0.1) is 12.8 Å². The van der Waals surface area contributed by atoms with E-state index in [1.165, 1.54) is 5.56 Å². The fourth-order valence-electron chi connectivity index (χ4n) is 3.12. The summed E-state index contributed by atoms with van der Waals surface area (Å²) >= 11 is 0. The maximum atomic E-state index is 12.7. The number of pyridine rings is 1. The third-order valence-corrected chi connectivity index (χ3v) is 4.42. The molecule has 0 aliphatic carbocycles. The summed E-state index contributed by atoms with van der Waals surface area (Å²) in [5.74, 6) is 0.900. The van der Waals surface area contributed by atoms with Crippen molar-refractivity contribution in [3.8, 4) is 5.88 Å². The summed E-state index contributed by atoms with van der Waals surface area (Å²) in [4.78, 5) is 18.8. The van der Waals surface area contributed by atoms with Gasteiger partial charge in [-0.05, 0) is 25.0 Å². The number of aryl methyl sites for hydroxylation is 1. The minimum Gasteiger partial charge on any atom is -0.481 e. The summed E-state index contributed by atoms with van der Waals surface area (Å²) < 4.78 is 11.0. The van der Waals surface area contributed by atoms with Gasteiger partial charge in [0.1, 0.15) is 0 Å². The number of amides is 1. The van der Waals surface area contributed by atoms with E-state index in [2.05, 4.69) is 17.1 Å². The van der Waals surface area contributed by atoms with Gasteiger partial charge in [-0.1, -0.05) is 30.3 Å². The molecule has 1 aliphatic heterocycles. The van der Waals surface area contributed by atoms with Crippen molar-refractivity contribution in [2.24, 2.45) is 5.92 Å². The highest BCUT2D eigenvalue weighted by molar-refractivity contribution is 5.94. The normalized spacial score (nSPS) is 16.9. The SMILES string of the molecule is COc1cc(C(=O)N2CC[C@@H](COCc3ccccc3)C2)cc(C)n1. The summed E-state index contributed by atoms with van der Waals surface area (Å²) in [6, 6.07) is 13.7. The summed E-state index contributed by atoms with van der Waals surface area (Å²) in [5.41, 5.74) is 2.59. The van der Waals surface area contributed by atoms with Gasteiger partial charge >= 0.3 is 0 Å². The zero-order valence-corrected chi connectivity index (χ0v) is 14.8. The van der Waals surface area contributed by atoms with Crippen molar-refractivity contribution in [2.45, 2.75) is 20.0 Å². The molecule has 0 radical (unpaired) electrons. The second kappa shape index (κ2) is 8.12. The highest BCUT2D eigenvalue weighted by Gasteiger charge is 2.27. The van der Waals surface area contributed by atoms with Crippen LogP contribution in [0.15, 0.2) is 42.5 Å². The van der Waals surface area contributed by atoms with E-state index in [1.807, 2.05) is 36.1 Å². The van der Waals surface area contributed by atoms with Gasteiger partial charge in [0.2, 0.25) is 5.88 Å². The monoisotopic (exact) mass is 340 g/mol. The molecule has 5 nitrogen and oxygen atoms in total. The number of rotatable bonds is 6. The van der Waals surface area contributed by atoms with Crippen molar-refractivity contribution in [1.29, 1.82) is 0 Å². The Kier molecular flexibility index (Phi) is 5.66. The Morgan fingerprint density at radius 2 is 2.08 bits per heavy atom. The van der Waals surface area contributed by atoms with E-state index in [4.69, 9.17) is 9.47 Å². The fraction of sp³-hybridized carbons (Fsp3) is 0.400. The first-order chi connectivity index (χ1) is 12.2.